The fraction of sp³-hybridized carbons (Fsp3) is 0.308. The maximum Gasteiger partial charge on any atom is 0.0561 e. The summed E-state index contributed by atoms with van der Waals surface area (Å²) < 4.78 is 0. The van der Waals surface area contributed by atoms with E-state index in [9.17, 15) is 0 Å². The van der Waals surface area contributed by atoms with Crippen LogP contribution < -0.4 is 4.90 Å². The van der Waals surface area contributed by atoms with Gasteiger partial charge < -0.3 is 10.2 Å². The monoisotopic (exact) mass is 437 g/mol. The van der Waals surface area contributed by atoms with Crippen LogP contribution in [-0.2, 0) is 0 Å². The molecule has 0 aliphatic carbocycles. The van der Waals surface area contributed by atoms with Crippen LogP contribution in [0.25, 0.3) is 16.4 Å². The van der Waals surface area contributed by atoms with Crippen LogP contribution in [0, 0.1) is 12.8 Å². The Labute approximate surface area is 191 Å². The number of anilines is 2. The molecule has 0 aromatic heterocycles. The lowest BCUT2D eigenvalue weighted by molar-refractivity contribution is 0.527. The van der Waals surface area contributed by atoms with Crippen molar-refractivity contribution >= 4 is 35.6 Å². The highest BCUT2D eigenvalue weighted by atomic mass is 35.5. The molecular weight excluding hydrogens is 408 g/mol. The summed E-state index contributed by atoms with van der Waals surface area (Å²) in [6.07, 6.45) is 1.04. The van der Waals surface area contributed by atoms with Gasteiger partial charge >= 0.3 is 0 Å². The van der Waals surface area contributed by atoms with E-state index in [1.54, 1.807) is 0 Å². The van der Waals surface area contributed by atoms with E-state index < -0.39 is 0 Å². The van der Waals surface area contributed by atoms with Crippen LogP contribution in [0.2, 0.25) is 5.02 Å². The fourth-order valence-electron chi connectivity index (χ4n) is 3.77. The topological polar surface area (TPSA) is 17.3 Å². The molecule has 0 amide bonds. The number of likely N-dealkylation sites (N-methyl/N-ethyl adjacent to an activating group) is 1. The Hall–Kier alpha value is -1.94. The minimum Gasteiger partial charge on any atom is -0.661 e. The molecule has 3 aromatic rings. The molecule has 0 N–H and O–H groups in total. The number of halogens is 1. The number of aryl methyl sites for hydroxylation is 1. The molecule has 2 nitrogen and oxygen atoms in total. The van der Waals surface area contributed by atoms with Crippen molar-refractivity contribution in [1.82, 2.24) is 0 Å². The van der Waals surface area contributed by atoms with Crippen LogP contribution in [0.5, 0.6) is 0 Å². The van der Waals surface area contributed by atoms with Crippen molar-refractivity contribution in [2.45, 2.75) is 38.1 Å². The summed E-state index contributed by atoms with van der Waals surface area (Å²) in [5.41, 5.74) is 5.43. The van der Waals surface area contributed by atoms with E-state index in [2.05, 4.69) is 85.6 Å². The van der Waals surface area contributed by atoms with Crippen molar-refractivity contribution in [3.05, 3.63) is 82.6 Å². The molecule has 3 rings (SSSR count). The predicted molar refractivity (Wildman–Crippen MR) is 135 cm³/mol. The Morgan fingerprint density at radius 3 is 2.37 bits per heavy atom. The van der Waals surface area contributed by atoms with Gasteiger partial charge in [-0.1, -0.05) is 79.9 Å². The number of hydrogen-bond donors (Lipinski definition) is 1. The molecule has 0 radical (unpaired) electrons. The summed E-state index contributed by atoms with van der Waals surface area (Å²) in [6.45, 7) is 7.35. The normalized spacial score (nSPS) is 12.2. The SMILES string of the molecule is C[N-][C@H](CC(C)C)CN(c1ccccc1)c1cc(Cl)c(-c2cccc(C)c2)cc1S. The van der Waals surface area contributed by atoms with Gasteiger partial charge in [-0.15, -0.1) is 18.7 Å². The summed E-state index contributed by atoms with van der Waals surface area (Å²) in [5.74, 6) is 0.582. The third-order valence-corrected chi connectivity index (χ3v) is 5.92. The molecule has 158 valence electrons. The molecule has 0 aliphatic rings. The number of para-hydroxylation sites is 1. The van der Waals surface area contributed by atoms with E-state index in [0.29, 0.717) is 5.92 Å². The van der Waals surface area contributed by atoms with Gasteiger partial charge in [0.15, 0.2) is 0 Å². The molecule has 0 spiro atoms. The predicted octanol–water partition coefficient (Wildman–Crippen LogP) is 8.16. The van der Waals surface area contributed by atoms with Crippen LogP contribution in [0.4, 0.5) is 11.4 Å². The third-order valence-electron chi connectivity index (χ3n) is 5.25. The molecular formula is C26H30ClN2S-. The number of rotatable bonds is 8. The first-order valence-corrected chi connectivity index (χ1v) is 11.2. The molecule has 0 aliphatic heterocycles. The first-order chi connectivity index (χ1) is 14.4. The Morgan fingerprint density at radius 2 is 1.73 bits per heavy atom. The molecule has 3 aromatic carbocycles. The third kappa shape index (κ3) is 5.60. The van der Waals surface area contributed by atoms with Gasteiger partial charge in [-0.05, 0) is 42.7 Å². The highest BCUT2D eigenvalue weighted by Gasteiger charge is 2.17. The zero-order valence-electron chi connectivity index (χ0n) is 18.1. The summed E-state index contributed by atoms with van der Waals surface area (Å²) in [7, 11) is 1.91. The van der Waals surface area contributed by atoms with Gasteiger partial charge in [-0.3, -0.25) is 0 Å². The average molecular weight is 438 g/mol. The Kier molecular flexibility index (Phi) is 7.87. The van der Waals surface area contributed by atoms with Gasteiger partial charge in [0.1, 0.15) is 0 Å². The van der Waals surface area contributed by atoms with Gasteiger partial charge in [-0.25, -0.2) is 0 Å². The van der Waals surface area contributed by atoms with Crippen LogP contribution in [0.3, 0.4) is 0 Å². The minimum absolute atomic E-state index is 0.230. The zero-order valence-corrected chi connectivity index (χ0v) is 19.8. The minimum atomic E-state index is 0.230. The molecule has 0 saturated heterocycles. The van der Waals surface area contributed by atoms with Crippen LogP contribution in [0.15, 0.2) is 71.6 Å². The summed E-state index contributed by atoms with van der Waals surface area (Å²) in [5, 5.41) is 5.37. The number of thiol groups is 1. The largest absolute Gasteiger partial charge is 0.661 e. The fourth-order valence-corrected chi connectivity index (χ4v) is 4.35. The van der Waals surface area contributed by atoms with Crippen molar-refractivity contribution in [1.29, 1.82) is 0 Å². The first-order valence-electron chi connectivity index (χ1n) is 10.4. The van der Waals surface area contributed by atoms with Crippen LogP contribution in [0.1, 0.15) is 25.8 Å². The molecule has 0 heterocycles. The lowest BCUT2D eigenvalue weighted by Gasteiger charge is -2.37. The smallest absolute Gasteiger partial charge is 0.0561 e. The molecule has 0 saturated carbocycles. The average Bonchev–Trinajstić information content (AvgIpc) is 2.73. The van der Waals surface area contributed by atoms with Gasteiger partial charge in [0.2, 0.25) is 0 Å². The van der Waals surface area contributed by atoms with E-state index in [1.807, 2.05) is 19.2 Å². The van der Waals surface area contributed by atoms with E-state index in [4.69, 9.17) is 24.2 Å². The highest BCUT2D eigenvalue weighted by molar-refractivity contribution is 7.80. The van der Waals surface area contributed by atoms with E-state index in [-0.39, 0.29) is 6.04 Å². The van der Waals surface area contributed by atoms with Crippen LogP contribution in [-0.4, -0.2) is 19.6 Å². The molecule has 4 heteroatoms. The first kappa shape index (κ1) is 22.7. The Morgan fingerprint density at radius 1 is 1.00 bits per heavy atom. The summed E-state index contributed by atoms with van der Waals surface area (Å²) >= 11 is 11.7. The molecule has 30 heavy (non-hydrogen) atoms. The quantitative estimate of drug-likeness (QED) is 0.352. The second kappa shape index (κ2) is 10.4. The molecule has 0 unspecified atom stereocenters. The van der Waals surface area contributed by atoms with E-state index >= 15 is 0 Å². The maximum atomic E-state index is 6.79. The van der Waals surface area contributed by atoms with Gasteiger partial charge in [-0.2, -0.15) is 7.05 Å². The van der Waals surface area contributed by atoms with E-state index in [0.717, 1.165) is 45.4 Å². The van der Waals surface area contributed by atoms with Gasteiger partial charge in [0.25, 0.3) is 0 Å². The number of benzene rings is 3. The standard InChI is InChI=1S/C26H30ClN2S/c1-18(2)13-21(28-4)17-29(22-11-6-5-7-12-22)25-16-24(27)23(15-26(25)30)20-10-8-9-19(3)14-20/h5-12,14-16,18,21,30H,13,17H2,1-4H3/q-1/t21-/m1/s1. The maximum absolute atomic E-state index is 6.79. The second-order valence-electron chi connectivity index (χ2n) is 8.18. The zero-order chi connectivity index (χ0) is 21.7. The van der Waals surface area contributed by atoms with Crippen molar-refractivity contribution in [3.63, 3.8) is 0 Å². The molecule has 1 atom stereocenters. The molecule has 0 fully saturated rings. The van der Waals surface area contributed by atoms with Gasteiger partial charge in [0.05, 0.1) is 10.7 Å². The van der Waals surface area contributed by atoms with Gasteiger partial charge in [0, 0.05) is 22.7 Å². The summed E-state index contributed by atoms with van der Waals surface area (Å²) in [6, 6.07) is 23.1. The van der Waals surface area contributed by atoms with Crippen LogP contribution >= 0.6 is 24.2 Å². The lowest BCUT2D eigenvalue weighted by atomic mass is 10.0. The molecule has 0 bridgehead atoms. The van der Waals surface area contributed by atoms with E-state index in [1.165, 1.54) is 5.56 Å². The van der Waals surface area contributed by atoms with Crippen molar-refractivity contribution in [2.24, 2.45) is 5.92 Å². The van der Waals surface area contributed by atoms with Crippen molar-refractivity contribution in [2.75, 3.05) is 18.5 Å². The summed E-state index contributed by atoms with van der Waals surface area (Å²) in [4.78, 5) is 3.19. The number of hydrogen-bond acceptors (Lipinski definition) is 2. The van der Waals surface area contributed by atoms with Crippen molar-refractivity contribution in [3.8, 4) is 11.1 Å². The van der Waals surface area contributed by atoms with Crippen molar-refractivity contribution < 1.29 is 0 Å². The lowest BCUT2D eigenvalue weighted by Crippen LogP contribution is -2.29. The number of nitrogens with zero attached hydrogens (tertiary/aromatic N) is 2. The highest BCUT2D eigenvalue weighted by Crippen LogP contribution is 2.39. The second-order valence-corrected chi connectivity index (χ2v) is 9.07. The Balaban J connectivity index is 2.04. The Bertz CT molecular complexity index is 972.